The van der Waals surface area contributed by atoms with Crippen molar-refractivity contribution in [3.63, 3.8) is 0 Å². The van der Waals surface area contributed by atoms with E-state index in [1.54, 1.807) is 12.1 Å². The van der Waals surface area contributed by atoms with Gasteiger partial charge < -0.3 is 15.0 Å². The Hall–Kier alpha value is -3.97. The van der Waals surface area contributed by atoms with Crippen molar-refractivity contribution >= 4 is 17.7 Å². The lowest BCUT2D eigenvalue weighted by atomic mass is 9.96. The van der Waals surface area contributed by atoms with Gasteiger partial charge in [0, 0.05) is 30.8 Å². The largest absolute Gasteiger partial charge is 0.435 e. The van der Waals surface area contributed by atoms with Crippen molar-refractivity contribution < 1.29 is 33.1 Å². The monoisotopic (exact) mass is 445 g/mol. The van der Waals surface area contributed by atoms with Crippen LogP contribution in [-0.4, -0.2) is 54.1 Å². The van der Waals surface area contributed by atoms with Crippen LogP contribution >= 0.6 is 0 Å². The third-order valence-corrected chi connectivity index (χ3v) is 4.75. The second kappa shape index (κ2) is 10.4. The minimum atomic E-state index is -2.90. The summed E-state index contributed by atoms with van der Waals surface area (Å²) in [6.45, 7) is -1.70. The van der Waals surface area contributed by atoms with Crippen molar-refractivity contribution in [2.75, 3.05) is 14.1 Å². The van der Waals surface area contributed by atoms with Crippen LogP contribution in [0.5, 0.6) is 5.75 Å². The highest BCUT2D eigenvalue weighted by molar-refractivity contribution is 6.12. The standard InChI is InChI=1S/C22H21F2N3O5/c1-22(19(29)25-2,20(30)26-31)27(3)18(28)16-10-6-14(7-11-16)4-5-15-8-12-17(13-9-15)32-21(23)24/h6-13,21,31H,1-3H3,(H,25,29)(H,26,30)/t22-/m0/s1. The first-order valence-corrected chi connectivity index (χ1v) is 9.25. The van der Waals surface area contributed by atoms with Crippen molar-refractivity contribution in [2.45, 2.75) is 19.1 Å². The average molecular weight is 445 g/mol. The second-order valence-electron chi connectivity index (χ2n) is 6.69. The number of likely N-dealkylation sites (N-methyl/N-ethyl adjacent to an activating group) is 2. The molecule has 0 aliphatic carbocycles. The molecular formula is C22H21F2N3O5. The summed E-state index contributed by atoms with van der Waals surface area (Å²) < 4.78 is 28.6. The molecule has 168 valence electrons. The minimum Gasteiger partial charge on any atom is -0.435 e. The number of alkyl halides is 2. The summed E-state index contributed by atoms with van der Waals surface area (Å²) in [4.78, 5) is 38.0. The van der Waals surface area contributed by atoms with Crippen molar-refractivity contribution in [2.24, 2.45) is 0 Å². The first kappa shape index (κ1) is 24.3. The molecule has 2 aromatic rings. The highest BCUT2D eigenvalue weighted by Crippen LogP contribution is 2.18. The van der Waals surface area contributed by atoms with Gasteiger partial charge in [-0.05, 0) is 55.5 Å². The number of hydrogen-bond donors (Lipinski definition) is 3. The van der Waals surface area contributed by atoms with E-state index in [0.717, 1.165) is 4.90 Å². The topological polar surface area (TPSA) is 108 Å². The van der Waals surface area contributed by atoms with Gasteiger partial charge in [-0.2, -0.15) is 8.78 Å². The Morgan fingerprint density at radius 1 is 1.00 bits per heavy atom. The van der Waals surface area contributed by atoms with Gasteiger partial charge in [0.1, 0.15) is 5.75 Å². The molecule has 0 bridgehead atoms. The number of carbonyl (C=O) groups is 3. The molecule has 0 aromatic heterocycles. The number of halogens is 2. The highest BCUT2D eigenvalue weighted by atomic mass is 19.3. The van der Waals surface area contributed by atoms with Gasteiger partial charge in [0.2, 0.25) is 0 Å². The van der Waals surface area contributed by atoms with E-state index in [2.05, 4.69) is 21.9 Å². The molecule has 0 heterocycles. The summed E-state index contributed by atoms with van der Waals surface area (Å²) in [6.07, 6.45) is 0. The van der Waals surface area contributed by atoms with E-state index >= 15 is 0 Å². The molecule has 0 aliphatic heterocycles. The van der Waals surface area contributed by atoms with E-state index in [1.165, 1.54) is 62.9 Å². The number of carbonyl (C=O) groups excluding carboxylic acids is 3. The smallest absolute Gasteiger partial charge is 0.387 e. The van der Waals surface area contributed by atoms with Crippen LogP contribution in [0, 0.1) is 11.8 Å². The van der Waals surface area contributed by atoms with Crippen molar-refractivity contribution in [3.8, 4) is 17.6 Å². The zero-order valence-corrected chi connectivity index (χ0v) is 17.5. The maximum atomic E-state index is 12.8. The Balaban J connectivity index is 2.18. The van der Waals surface area contributed by atoms with Crippen molar-refractivity contribution in [1.82, 2.24) is 15.7 Å². The van der Waals surface area contributed by atoms with Gasteiger partial charge in [-0.3, -0.25) is 19.6 Å². The number of amides is 3. The lowest BCUT2D eigenvalue weighted by molar-refractivity contribution is -0.148. The van der Waals surface area contributed by atoms with E-state index in [1.807, 2.05) is 0 Å². The number of hydrogen-bond acceptors (Lipinski definition) is 5. The van der Waals surface area contributed by atoms with Gasteiger partial charge in [0.25, 0.3) is 17.7 Å². The van der Waals surface area contributed by atoms with E-state index in [9.17, 15) is 23.2 Å². The summed E-state index contributed by atoms with van der Waals surface area (Å²) in [5, 5.41) is 11.3. The van der Waals surface area contributed by atoms with Crippen molar-refractivity contribution in [1.29, 1.82) is 0 Å². The maximum absolute atomic E-state index is 12.8. The highest BCUT2D eigenvalue weighted by Gasteiger charge is 2.47. The normalized spacial score (nSPS) is 12.1. The molecule has 8 nitrogen and oxygen atoms in total. The van der Waals surface area contributed by atoms with Crippen LogP contribution in [0.4, 0.5) is 8.78 Å². The fraction of sp³-hybridized carbons (Fsp3) is 0.227. The van der Waals surface area contributed by atoms with Crippen LogP contribution in [0.15, 0.2) is 48.5 Å². The quantitative estimate of drug-likeness (QED) is 0.272. The molecule has 0 saturated carbocycles. The zero-order chi connectivity index (χ0) is 23.9. The third kappa shape index (κ3) is 5.39. The molecule has 2 rings (SSSR count). The molecule has 0 aliphatic rings. The molecule has 3 N–H and O–H groups in total. The van der Waals surface area contributed by atoms with Crippen LogP contribution in [0.3, 0.4) is 0 Å². The summed E-state index contributed by atoms with van der Waals surface area (Å²) in [5.74, 6) is 3.28. The number of nitrogens with zero attached hydrogens (tertiary/aromatic N) is 1. The van der Waals surface area contributed by atoms with Gasteiger partial charge in [-0.15, -0.1) is 0 Å². The summed E-state index contributed by atoms with van der Waals surface area (Å²) in [5.41, 5.74) is 0.747. The predicted octanol–water partition coefficient (Wildman–Crippen LogP) is 1.77. The van der Waals surface area contributed by atoms with E-state index < -0.39 is 29.9 Å². The van der Waals surface area contributed by atoms with Gasteiger partial charge in [-0.25, -0.2) is 5.48 Å². The fourth-order valence-corrected chi connectivity index (χ4v) is 2.72. The number of benzene rings is 2. The van der Waals surface area contributed by atoms with E-state index in [4.69, 9.17) is 5.21 Å². The van der Waals surface area contributed by atoms with Crippen molar-refractivity contribution in [3.05, 3.63) is 65.2 Å². The molecule has 0 unspecified atom stereocenters. The zero-order valence-electron chi connectivity index (χ0n) is 17.5. The first-order valence-electron chi connectivity index (χ1n) is 9.25. The molecule has 10 heteroatoms. The molecule has 2 aromatic carbocycles. The molecular weight excluding hydrogens is 424 g/mol. The summed E-state index contributed by atoms with van der Waals surface area (Å²) in [7, 11) is 2.57. The van der Waals surface area contributed by atoms with E-state index in [0.29, 0.717) is 11.1 Å². The maximum Gasteiger partial charge on any atom is 0.387 e. The van der Waals surface area contributed by atoms with Gasteiger partial charge >= 0.3 is 6.61 Å². The van der Waals surface area contributed by atoms with Crippen LogP contribution in [0.2, 0.25) is 0 Å². The average Bonchev–Trinajstić information content (AvgIpc) is 2.80. The first-order chi connectivity index (χ1) is 15.1. The van der Waals surface area contributed by atoms with Crippen LogP contribution in [0.1, 0.15) is 28.4 Å². The van der Waals surface area contributed by atoms with Crippen LogP contribution < -0.4 is 15.5 Å². The Bertz CT molecular complexity index is 1030. The molecule has 0 radical (unpaired) electrons. The number of ether oxygens (including phenoxy) is 1. The summed E-state index contributed by atoms with van der Waals surface area (Å²) >= 11 is 0. The van der Waals surface area contributed by atoms with Crippen LogP contribution in [-0.2, 0) is 9.59 Å². The van der Waals surface area contributed by atoms with Gasteiger partial charge in [0.05, 0.1) is 0 Å². The number of hydroxylamine groups is 1. The molecule has 1 atom stereocenters. The molecule has 0 spiro atoms. The van der Waals surface area contributed by atoms with Crippen LogP contribution in [0.25, 0.3) is 0 Å². The molecule has 3 amide bonds. The van der Waals surface area contributed by atoms with E-state index in [-0.39, 0.29) is 11.3 Å². The lowest BCUT2D eigenvalue weighted by Gasteiger charge is -2.34. The SMILES string of the molecule is CNC(=O)[C@@](C)(C(=O)NO)N(C)C(=O)c1ccc(C#Cc2ccc(OC(F)F)cc2)cc1. The Kier molecular flexibility index (Phi) is 7.87. The Morgan fingerprint density at radius 3 is 1.94 bits per heavy atom. The Morgan fingerprint density at radius 2 is 1.50 bits per heavy atom. The molecule has 32 heavy (non-hydrogen) atoms. The fourth-order valence-electron chi connectivity index (χ4n) is 2.72. The Labute approximate surface area is 183 Å². The lowest BCUT2D eigenvalue weighted by Crippen LogP contribution is -2.64. The molecule has 0 fully saturated rings. The summed E-state index contributed by atoms with van der Waals surface area (Å²) in [6, 6.07) is 11.9. The minimum absolute atomic E-state index is 0.0242. The third-order valence-electron chi connectivity index (χ3n) is 4.75. The predicted molar refractivity (Wildman–Crippen MR) is 110 cm³/mol. The van der Waals surface area contributed by atoms with Gasteiger partial charge in [-0.1, -0.05) is 11.8 Å². The van der Waals surface area contributed by atoms with Gasteiger partial charge in [0.15, 0.2) is 5.54 Å². The second-order valence-corrected chi connectivity index (χ2v) is 6.69. The number of rotatable bonds is 6. The number of nitrogens with one attached hydrogen (secondary N) is 2. The molecule has 0 saturated heterocycles.